The molecule has 0 spiro atoms. The van der Waals surface area contributed by atoms with E-state index in [9.17, 15) is 11.7 Å². The molecule has 2 aromatic rings. The summed E-state index contributed by atoms with van der Waals surface area (Å²) in [5, 5.41) is 0. The monoisotopic (exact) mass is 285 g/mol. The van der Waals surface area contributed by atoms with Gasteiger partial charge in [0.2, 0.25) is 0 Å². The second kappa shape index (κ2) is 5.17. The Morgan fingerprint density at radius 3 is 1.26 bits per heavy atom. The quantitative estimate of drug-likeness (QED) is 0.687. The molecule has 0 aliphatic carbocycles. The molecule has 2 aromatic carbocycles. The number of anilines is 2. The summed E-state index contributed by atoms with van der Waals surface area (Å²) >= 11 is -5.36. The van der Waals surface area contributed by atoms with Crippen LogP contribution in [0.1, 0.15) is 11.1 Å². The van der Waals surface area contributed by atoms with Crippen LogP contribution in [0.4, 0.5) is 23.0 Å². The van der Waals surface area contributed by atoms with Crippen molar-refractivity contribution in [2.75, 3.05) is 4.31 Å². The van der Waals surface area contributed by atoms with E-state index in [1.54, 1.807) is 24.3 Å². The lowest BCUT2D eigenvalue weighted by atomic mass is 10.2. The van der Waals surface area contributed by atoms with Gasteiger partial charge in [0.1, 0.15) is 0 Å². The Morgan fingerprint density at radius 2 is 1.00 bits per heavy atom. The van der Waals surface area contributed by atoms with Gasteiger partial charge < -0.3 is 0 Å². The van der Waals surface area contributed by atoms with E-state index in [1.165, 1.54) is 24.3 Å². The number of nitrogens with zero attached hydrogens (tertiary/aromatic N) is 1. The summed E-state index contributed by atoms with van der Waals surface area (Å²) in [5.74, 6) is 0. The first-order valence-electron chi connectivity index (χ1n) is 5.74. The third-order valence-electron chi connectivity index (χ3n) is 2.74. The van der Waals surface area contributed by atoms with Crippen LogP contribution in [0.5, 0.6) is 0 Å². The number of hydrogen-bond donors (Lipinski definition) is 0. The average Bonchev–Trinajstić information content (AvgIpc) is 2.33. The van der Waals surface area contributed by atoms with E-state index in [2.05, 4.69) is 0 Å². The fourth-order valence-electron chi connectivity index (χ4n) is 1.75. The lowest BCUT2D eigenvalue weighted by Crippen LogP contribution is -2.13. The van der Waals surface area contributed by atoms with Gasteiger partial charge in [0.05, 0.1) is 11.4 Å². The van der Waals surface area contributed by atoms with Crippen LogP contribution in [-0.4, -0.2) is 0 Å². The summed E-state index contributed by atoms with van der Waals surface area (Å²) in [4.78, 5) is 0. The number of halogens is 3. The smallest absolute Gasteiger partial charge is 0.229 e. The Morgan fingerprint density at radius 1 is 0.684 bits per heavy atom. The van der Waals surface area contributed by atoms with Crippen molar-refractivity contribution < 1.29 is 11.7 Å². The largest absolute Gasteiger partial charge is 0.306 e. The summed E-state index contributed by atoms with van der Waals surface area (Å²) in [6, 6.07) is 12.7. The normalized spacial score (nSPS) is 12.3. The molecule has 1 nitrogen and oxygen atoms in total. The molecular formula is C14H14F3NS. The van der Waals surface area contributed by atoms with E-state index in [4.69, 9.17) is 0 Å². The molecular weight excluding hydrogens is 271 g/mol. The molecule has 0 aliphatic heterocycles. The highest BCUT2D eigenvalue weighted by atomic mass is 32.3. The van der Waals surface area contributed by atoms with E-state index >= 15 is 0 Å². The molecule has 0 unspecified atom stereocenters. The molecule has 0 atom stereocenters. The molecule has 0 saturated heterocycles. The molecule has 0 heterocycles. The number of aryl methyl sites for hydroxylation is 2. The first-order chi connectivity index (χ1) is 8.88. The lowest BCUT2D eigenvalue weighted by Gasteiger charge is -2.29. The fourth-order valence-corrected chi connectivity index (χ4v) is 2.47. The van der Waals surface area contributed by atoms with Gasteiger partial charge in [-0.1, -0.05) is 35.4 Å². The van der Waals surface area contributed by atoms with E-state index in [0.717, 1.165) is 11.1 Å². The first kappa shape index (κ1) is 13.8. The Hall–Kier alpha value is -1.62. The van der Waals surface area contributed by atoms with Crippen LogP contribution in [0.3, 0.4) is 0 Å². The van der Waals surface area contributed by atoms with Gasteiger partial charge in [-0.3, -0.25) is 0 Å². The number of benzene rings is 2. The van der Waals surface area contributed by atoms with E-state index in [0.29, 0.717) is 4.31 Å². The van der Waals surface area contributed by atoms with Gasteiger partial charge in [-0.25, -0.2) is 4.31 Å². The molecule has 0 aliphatic rings. The predicted molar refractivity (Wildman–Crippen MR) is 75.4 cm³/mol. The van der Waals surface area contributed by atoms with Gasteiger partial charge in [-0.15, -0.1) is 11.7 Å². The molecule has 0 N–H and O–H groups in total. The molecule has 5 heteroatoms. The molecule has 0 fully saturated rings. The van der Waals surface area contributed by atoms with E-state index in [-0.39, 0.29) is 11.4 Å². The average molecular weight is 285 g/mol. The zero-order chi connectivity index (χ0) is 14.0. The Labute approximate surface area is 113 Å². The summed E-state index contributed by atoms with van der Waals surface area (Å²) in [6.07, 6.45) is 0. The topological polar surface area (TPSA) is 3.24 Å². The maximum Gasteiger partial charge on any atom is 0.306 e. The molecule has 102 valence electrons. The number of rotatable bonds is 3. The van der Waals surface area contributed by atoms with Crippen molar-refractivity contribution >= 4 is 22.7 Å². The molecule has 19 heavy (non-hydrogen) atoms. The summed E-state index contributed by atoms with van der Waals surface area (Å²) in [7, 11) is 0. The SMILES string of the molecule is Cc1ccc(N(c2ccc(C)cc2)S(F)(F)F)cc1. The lowest BCUT2D eigenvalue weighted by molar-refractivity contribution is 0.633. The van der Waals surface area contributed by atoms with E-state index < -0.39 is 11.4 Å². The Kier molecular flexibility index (Phi) is 3.75. The minimum Gasteiger partial charge on any atom is -0.229 e. The van der Waals surface area contributed by atoms with Gasteiger partial charge in [-0.2, -0.15) is 0 Å². The maximum atomic E-state index is 13.3. The van der Waals surface area contributed by atoms with Gasteiger partial charge >= 0.3 is 11.4 Å². The summed E-state index contributed by atoms with van der Waals surface area (Å²) in [6.45, 7) is 3.70. The number of hydrogen-bond acceptors (Lipinski definition) is 1. The molecule has 0 aromatic heterocycles. The molecule has 0 saturated carbocycles. The summed E-state index contributed by atoms with van der Waals surface area (Å²) < 4.78 is 40.4. The van der Waals surface area contributed by atoms with Crippen molar-refractivity contribution in [2.24, 2.45) is 0 Å². The third kappa shape index (κ3) is 3.23. The molecule has 0 amide bonds. The van der Waals surface area contributed by atoms with Crippen molar-refractivity contribution in [3.8, 4) is 0 Å². The minimum atomic E-state index is -5.36. The highest BCUT2D eigenvalue weighted by Gasteiger charge is 2.33. The highest BCUT2D eigenvalue weighted by Crippen LogP contribution is 2.61. The molecule has 0 radical (unpaired) electrons. The fraction of sp³-hybridized carbons (Fsp3) is 0.143. The maximum absolute atomic E-state index is 13.3. The molecule has 0 bridgehead atoms. The predicted octanol–water partition coefficient (Wildman–Crippen LogP) is 5.81. The zero-order valence-corrected chi connectivity index (χ0v) is 11.4. The standard InChI is InChI=1S/C14H14F3NS/c1-11-3-7-13(8-4-11)18(19(15,16)17)14-9-5-12(2)6-10-14/h3-10H,1-2H3. The second-order valence-corrected chi connectivity index (χ2v) is 5.48. The highest BCUT2D eigenvalue weighted by molar-refractivity contribution is 8.22. The van der Waals surface area contributed by atoms with Gasteiger partial charge in [-0.05, 0) is 38.1 Å². The Balaban J connectivity index is 2.47. The zero-order valence-electron chi connectivity index (χ0n) is 10.6. The second-order valence-electron chi connectivity index (χ2n) is 4.35. The van der Waals surface area contributed by atoms with Gasteiger partial charge in [0.25, 0.3) is 0 Å². The van der Waals surface area contributed by atoms with Crippen LogP contribution in [0.15, 0.2) is 48.5 Å². The Bertz CT molecular complexity index is 501. The molecule has 2 rings (SSSR count). The van der Waals surface area contributed by atoms with Crippen LogP contribution in [0, 0.1) is 13.8 Å². The van der Waals surface area contributed by atoms with Crippen LogP contribution >= 0.6 is 11.4 Å². The van der Waals surface area contributed by atoms with Crippen LogP contribution in [-0.2, 0) is 0 Å². The van der Waals surface area contributed by atoms with Crippen molar-refractivity contribution in [1.29, 1.82) is 0 Å². The van der Waals surface area contributed by atoms with Crippen LogP contribution in [0.2, 0.25) is 0 Å². The first-order valence-corrected chi connectivity index (χ1v) is 7.03. The van der Waals surface area contributed by atoms with Crippen LogP contribution in [0.25, 0.3) is 0 Å². The van der Waals surface area contributed by atoms with Crippen molar-refractivity contribution in [2.45, 2.75) is 13.8 Å². The van der Waals surface area contributed by atoms with E-state index in [1.807, 2.05) is 13.8 Å². The van der Waals surface area contributed by atoms with Crippen LogP contribution < -0.4 is 4.31 Å². The summed E-state index contributed by atoms with van der Waals surface area (Å²) in [5.41, 5.74) is 2.17. The van der Waals surface area contributed by atoms with Gasteiger partial charge in [0, 0.05) is 0 Å². The minimum absolute atomic E-state index is 0.150. The van der Waals surface area contributed by atoms with Crippen molar-refractivity contribution in [3.63, 3.8) is 0 Å². The van der Waals surface area contributed by atoms with Crippen molar-refractivity contribution in [1.82, 2.24) is 0 Å². The van der Waals surface area contributed by atoms with Gasteiger partial charge in [0.15, 0.2) is 0 Å². The third-order valence-corrected chi connectivity index (χ3v) is 3.58. The van der Waals surface area contributed by atoms with Crippen molar-refractivity contribution in [3.05, 3.63) is 59.7 Å².